The van der Waals surface area contributed by atoms with Gasteiger partial charge in [-0.25, -0.2) is 0 Å². The second kappa shape index (κ2) is 9.08. The molecule has 0 unspecified atom stereocenters. The van der Waals surface area contributed by atoms with Gasteiger partial charge in [0.2, 0.25) is 0 Å². The number of carbonyl (C=O) groups excluding carboxylic acids is 1. The van der Waals surface area contributed by atoms with Crippen molar-refractivity contribution in [2.24, 2.45) is 0 Å². The lowest BCUT2D eigenvalue weighted by molar-refractivity contribution is -0.118. The van der Waals surface area contributed by atoms with Gasteiger partial charge in [0.25, 0.3) is 5.91 Å². The summed E-state index contributed by atoms with van der Waals surface area (Å²) in [5.74, 6) is 2.57. The van der Waals surface area contributed by atoms with Crippen molar-refractivity contribution >= 4 is 58.3 Å². The third-order valence-electron chi connectivity index (χ3n) is 3.52. The van der Waals surface area contributed by atoms with Gasteiger partial charge in [-0.2, -0.15) is 0 Å². The molecule has 0 saturated carbocycles. The average molecular weight is 414 g/mol. The van der Waals surface area contributed by atoms with Gasteiger partial charge in [-0.05, 0) is 53.8 Å². The Labute approximate surface area is 165 Å². The largest absolute Gasteiger partial charge is 0.482 e. The van der Waals surface area contributed by atoms with E-state index in [2.05, 4.69) is 11.4 Å². The van der Waals surface area contributed by atoms with Crippen LogP contribution in [-0.2, 0) is 4.79 Å². The molecule has 0 aliphatic carbocycles. The summed E-state index contributed by atoms with van der Waals surface area (Å²) in [6, 6.07) is 12.9. The highest BCUT2D eigenvalue weighted by molar-refractivity contribution is 8.16. The van der Waals surface area contributed by atoms with Crippen LogP contribution in [0.3, 0.4) is 0 Å². The lowest BCUT2D eigenvalue weighted by Gasteiger charge is -2.21. The second-order valence-corrected chi connectivity index (χ2v) is 9.03. The van der Waals surface area contributed by atoms with Crippen molar-refractivity contribution in [3.05, 3.63) is 58.1 Å². The predicted octanol–water partition coefficient (Wildman–Crippen LogP) is 5.88. The van der Waals surface area contributed by atoms with Crippen molar-refractivity contribution in [2.45, 2.75) is 11.0 Å². The lowest BCUT2D eigenvalue weighted by atomic mass is 10.2. The maximum atomic E-state index is 12.1. The molecule has 1 N–H and O–H groups in total. The van der Waals surface area contributed by atoms with Crippen molar-refractivity contribution in [2.75, 3.05) is 23.4 Å². The van der Waals surface area contributed by atoms with E-state index >= 15 is 0 Å². The number of thioether (sulfide) groups is 2. The number of hydrogen-bond donors (Lipinski definition) is 1. The van der Waals surface area contributed by atoms with Crippen LogP contribution in [0.5, 0.6) is 5.75 Å². The fraction of sp³-hybridized carbons (Fsp3) is 0.278. The zero-order valence-corrected chi connectivity index (χ0v) is 16.5. The van der Waals surface area contributed by atoms with Crippen LogP contribution in [0.2, 0.25) is 10.0 Å². The number of benzene rings is 2. The third-order valence-corrected chi connectivity index (χ3v) is 7.07. The molecular weight excluding hydrogens is 397 g/mol. The molecule has 1 aliphatic heterocycles. The van der Waals surface area contributed by atoms with Gasteiger partial charge in [0.15, 0.2) is 6.61 Å². The highest BCUT2D eigenvalue weighted by Gasteiger charge is 2.17. The summed E-state index contributed by atoms with van der Waals surface area (Å²) in [4.78, 5) is 12.1. The summed E-state index contributed by atoms with van der Waals surface area (Å²) in [6.07, 6.45) is 1.26. The molecule has 0 spiro atoms. The van der Waals surface area contributed by atoms with Gasteiger partial charge in [0.05, 0.1) is 9.60 Å². The molecule has 3 rings (SSSR count). The number of halogens is 2. The number of rotatable bonds is 5. The smallest absolute Gasteiger partial charge is 0.262 e. The summed E-state index contributed by atoms with van der Waals surface area (Å²) >= 11 is 15.8. The zero-order chi connectivity index (χ0) is 17.6. The van der Waals surface area contributed by atoms with Gasteiger partial charge < -0.3 is 10.1 Å². The molecule has 1 saturated heterocycles. The molecule has 0 atom stereocenters. The molecule has 2 aromatic rings. The van der Waals surface area contributed by atoms with E-state index in [0.29, 0.717) is 20.4 Å². The lowest BCUT2D eigenvalue weighted by Crippen LogP contribution is -2.20. The number of amides is 1. The van der Waals surface area contributed by atoms with Crippen molar-refractivity contribution in [1.82, 2.24) is 0 Å². The van der Waals surface area contributed by atoms with Gasteiger partial charge in [-0.1, -0.05) is 35.3 Å². The Bertz CT molecular complexity index is 752. The van der Waals surface area contributed by atoms with E-state index in [-0.39, 0.29) is 12.5 Å². The molecule has 2 aromatic carbocycles. The molecule has 132 valence electrons. The zero-order valence-electron chi connectivity index (χ0n) is 13.3. The van der Waals surface area contributed by atoms with Gasteiger partial charge in [0, 0.05) is 10.7 Å². The predicted molar refractivity (Wildman–Crippen MR) is 109 cm³/mol. The topological polar surface area (TPSA) is 38.3 Å². The minimum Gasteiger partial charge on any atom is -0.482 e. The van der Waals surface area contributed by atoms with Crippen LogP contribution >= 0.6 is 46.7 Å². The SMILES string of the molecule is O=C(COc1ccc(Cl)cc1Cl)Nc1cccc(C2SCCCS2)c1. The molecule has 0 radical (unpaired) electrons. The Kier molecular flexibility index (Phi) is 6.82. The van der Waals surface area contributed by atoms with E-state index in [9.17, 15) is 4.79 Å². The summed E-state index contributed by atoms with van der Waals surface area (Å²) in [7, 11) is 0. The molecular formula is C18H17Cl2NO2S2. The highest BCUT2D eigenvalue weighted by Crippen LogP contribution is 2.44. The summed E-state index contributed by atoms with van der Waals surface area (Å²) < 4.78 is 5.90. The molecule has 0 bridgehead atoms. The normalized spacial score (nSPS) is 15.0. The van der Waals surface area contributed by atoms with Gasteiger partial charge in [-0.15, -0.1) is 23.5 Å². The minimum absolute atomic E-state index is 0.113. The average Bonchev–Trinajstić information content (AvgIpc) is 2.62. The Morgan fingerprint density at radius 3 is 2.72 bits per heavy atom. The van der Waals surface area contributed by atoms with Crippen molar-refractivity contribution < 1.29 is 9.53 Å². The Balaban J connectivity index is 1.57. The molecule has 1 amide bonds. The molecule has 0 aromatic heterocycles. The molecule has 1 heterocycles. The quantitative estimate of drug-likeness (QED) is 0.663. The van der Waals surface area contributed by atoms with Crippen molar-refractivity contribution in [3.8, 4) is 5.75 Å². The van der Waals surface area contributed by atoms with Crippen molar-refractivity contribution in [3.63, 3.8) is 0 Å². The van der Waals surface area contributed by atoms with E-state index in [1.807, 2.05) is 41.7 Å². The number of carbonyl (C=O) groups is 1. The number of anilines is 1. The van der Waals surface area contributed by atoms with Gasteiger partial charge in [-0.3, -0.25) is 4.79 Å². The molecule has 3 nitrogen and oxygen atoms in total. The van der Waals surface area contributed by atoms with Crippen LogP contribution in [0.15, 0.2) is 42.5 Å². The number of hydrogen-bond acceptors (Lipinski definition) is 4. The first kappa shape index (κ1) is 18.8. The fourth-order valence-electron chi connectivity index (χ4n) is 2.38. The van der Waals surface area contributed by atoms with Crippen LogP contribution in [-0.4, -0.2) is 24.0 Å². The summed E-state index contributed by atoms with van der Waals surface area (Å²) in [5, 5.41) is 3.78. The van der Waals surface area contributed by atoms with Crippen LogP contribution in [0.1, 0.15) is 16.6 Å². The van der Waals surface area contributed by atoms with Crippen LogP contribution in [0, 0.1) is 0 Å². The van der Waals surface area contributed by atoms with Crippen molar-refractivity contribution in [1.29, 1.82) is 0 Å². The number of nitrogens with one attached hydrogen (secondary N) is 1. The molecule has 1 fully saturated rings. The minimum atomic E-state index is -0.230. The Hall–Kier alpha value is -1.01. The Morgan fingerprint density at radius 2 is 1.96 bits per heavy atom. The van der Waals surface area contributed by atoms with E-state index in [1.165, 1.54) is 23.5 Å². The molecule has 1 aliphatic rings. The third kappa shape index (κ3) is 5.48. The first-order chi connectivity index (χ1) is 12.1. The maximum Gasteiger partial charge on any atom is 0.262 e. The summed E-state index contributed by atoms with van der Waals surface area (Å²) in [5.41, 5.74) is 2.01. The van der Waals surface area contributed by atoms with Crippen LogP contribution < -0.4 is 10.1 Å². The maximum absolute atomic E-state index is 12.1. The van der Waals surface area contributed by atoms with Gasteiger partial charge >= 0.3 is 0 Å². The fourth-order valence-corrected chi connectivity index (χ4v) is 5.71. The van der Waals surface area contributed by atoms with E-state index in [0.717, 1.165) is 5.69 Å². The van der Waals surface area contributed by atoms with Crippen LogP contribution in [0.4, 0.5) is 5.69 Å². The highest BCUT2D eigenvalue weighted by atomic mass is 35.5. The van der Waals surface area contributed by atoms with Gasteiger partial charge in [0.1, 0.15) is 5.75 Å². The molecule has 7 heteroatoms. The Morgan fingerprint density at radius 1 is 1.16 bits per heavy atom. The monoisotopic (exact) mass is 413 g/mol. The first-order valence-electron chi connectivity index (χ1n) is 7.83. The summed E-state index contributed by atoms with van der Waals surface area (Å²) in [6.45, 7) is -0.113. The van der Waals surface area contributed by atoms with E-state index in [1.54, 1.807) is 18.2 Å². The van der Waals surface area contributed by atoms with E-state index < -0.39 is 0 Å². The van der Waals surface area contributed by atoms with E-state index in [4.69, 9.17) is 27.9 Å². The molecule has 25 heavy (non-hydrogen) atoms. The standard InChI is InChI=1S/C18H17Cl2NO2S2/c19-13-5-6-16(15(20)10-13)23-11-17(22)21-14-4-1-3-12(9-14)18-24-7-2-8-25-18/h1,3-6,9-10,18H,2,7-8,11H2,(H,21,22). The number of ether oxygens (including phenoxy) is 1. The first-order valence-corrected chi connectivity index (χ1v) is 10.7. The second-order valence-electron chi connectivity index (χ2n) is 5.46. The van der Waals surface area contributed by atoms with Crippen LogP contribution in [0.25, 0.3) is 0 Å².